The Kier molecular flexibility index (Phi) is 10.4. The predicted octanol–water partition coefficient (Wildman–Crippen LogP) is 6.68. The monoisotopic (exact) mass is 670 g/mol. The summed E-state index contributed by atoms with van der Waals surface area (Å²) >= 11 is 0. The molecule has 0 aliphatic heterocycles. The zero-order valence-electron chi connectivity index (χ0n) is 27.9. The number of amides is 1. The number of aromatic nitrogens is 7. The molecule has 0 bridgehead atoms. The van der Waals surface area contributed by atoms with Crippen LogP contribution in [0.1, 0.15) is 90.7 Å². The van der Waals surface area contributed by atoms with Gasteiger partial charge in [0.2, 0.25) is 5.89 Å². The molecule has 0 atom stereocenters. The summed E-state index contributed by atoms with van der Waals surface area (Å²) in [5.41, 5.74) is 0.505. The van der Waals surface area contributed by atoms with Crippen LogP contribution < -0.4 is 5.32 Å². The SMILES string of the molecule is CCO[C@H]1CC[C@H](n2cc(NC(=O)c3coc(-c4cnn(COP(=O)(OC(C)(C)C)OC(C)(C)C)c4)n3)c(-c3cnccn3)n2)CC1. The van der Waals surface area contributed by atoms with Gasteiger partial charge in [0.05, 0.1) is 47.0 Å². The zero-order chi connectivity index (χ0) is 33.8. The Labute approximate surface area is 274 Å². The highest BCUT2D eigenvalue weighted by atomic mass is 31.2. The van der Waals surface area contributed by atoms with Crippen molar-refractivity contribution in [2.45, 2.75) is 104 Å². The topological polar surface area (TPSA) is 171 Å². The van der Waals surface area contributed by atoms with Crippen LogP contribution in [0.25, 0.3) is 22.8 Å². The molecule has 1 N–H and O–H groups in total. The number of anilines is 1. The summed E-state index contributed by atoms with van der Waals surface area (Å²) < 4.78 is 45.0. The molecule has 4 aromatic rings. The van der Waals surface area contributed by atoms with E-state index < -0.39 is 24.9 Å². The minimum Gasteiger partial charge on any atom is -0.444 e. The van der Waals surface area contributed by atoms with Crippen molar-refractivity contribution in [2.75, 3.05) is 11.9 Å². The van der Waals surface area contributed by atoms with E-state index in [-0.39, 0.29) is 30.5 Å². The lowest BCUT2D eigenvalue weighted by Crippen LogP contribution is -2.25. The summed E-state index contributed by atoms with van der Waals surface area (Å²) in [6, 6.07) is 0.168. The molecular formula is C31H43N8O7P. The first-order valence-corrected chi connectivity index (χ1v) is 17.1. The minimum atomic E-state index is -3.95. The van der Waals surface area contributed by atoms with Gasteiger partial charge in [-0.3, -0.25) is 33.0 Å². The van der Waals surface area contributed by atoms with Gasteiger partial charge in [-0.05, 0) is 74.1 Å². The van der Waals surface area contributed by atoms with Crippen LogP contribution in [0.5, 0.6) is 0 Å². The van der Waals surface area contributed by atoms with E-state index in [1.54, 1.807) is 66.3 Å². The van der Waals surface area contributed by atoms with Crippen molar-refractivity contribution in [2.24, 2.45) is 0 Å². The number of oxazole rings is 1. The van der Waals surface area contributed by atoms with E-state index in [1.165, 1.54) is 17.1 Å². The molecule has 16 heteroatoms. The lowest BCUT2D eigenvalue weighted by molar-refractivity contribution is -0.00759. The van der Waals surface area contributed by atoms with Gasteiger partial charge in [0.15, 0.2) is 12.4 Å². The van der Waals surface area contributed by atoms with E-state index in [0.717, 1.165) is 25.7 Å². The van der Waals surface area contributed by atoms with Gasteiger partial charge in [0.1, 0.15) is 17.7 Å². The van der Waals surface area contributed by atoms with Crippen LogP contribution >= 0.6 is 7.82 Å². The van der Waals surface area contributed by atoms with Crippen molar-refractivity contribution in [1.29, 1.82) is 0 Å². The number of nitrogens with zero attached hydrogens (tertiary/aromatic N) is 7. The first kappa shape index (κ1) is 34.6. The van der Waals surface area contributed by atoms with Gasteiger partial charge < -0.3 is 14.5 Å². The Hall–Kier alpha value is -3.75. The Morgan fingerprint density at radius 2 is 1.77 bits per heavy atom. The average molecular weight is 671 g/mol. The fraction of sp³-hybridized carbons (Fsp3) is 0.548. The highest BCUT2D eigenvalue weighted by Crippen LogP contribution is 2.55. The van der Waals surface area contributed by atoms with E-state index in [1.807, 2.05) is 17.8 Å². The van der Waals surface area contributed by atoms with Gasteiger partial charge in [-0.25, -0.2) is 14.2 Å². The molecule has 0 saturated heterocycles. The molecule has 4 aromatic heterocycles. The third-order valence-corrected chi connectivity index (χ3v) is 8.92. The quantitative estimate of drug-likeness (QED) is 0.159. The lowest BCUT2D eigenvalue weighted by Gasteiger charge is -2.30. The fourth-order valence-electron chi connectivity index (χ4n) is 5.11. The molecular weight excluding hydrogens is 627 g/mol. The largest absolute Gasteiger partial charge is 0.477 e. The molecule has 1 aliphatic rings. The molecule has 4 heterocycles. The minimum absolute atomic E-state index is 0.0562. The second kappa shape index (κ2) is 14.2. The summed E-state index contributed by atoms with van der Waals surface area (Å²) in [5, 5.41) is 12.0. The molecule has 0 radical (unpaired) electrons. The van der Waals surface area contributed by atoms with E-state index in [4.69, 9.17) is 27.8 Å². The lowest BCUT2D eigenvalue weighted by atomic mass is 9.93. The molecule has 1 amide bonds. The third kappa shape index (κ3) is 9.42. The maximum absolute atomic E-state index is 13.4. The van der Waals surface area contributed by atoms with Gasteiger partial charge in [-0.15, -0.1) is 0 Å². The van der Waals surface area contributed by atoms with Crippen molar-refractivity contribution < 1.29 is 32.1 Å². The maximum Gasteiger partial charge on any atom is 0.477 e. The summed E-state index contributed by atoms with van der Waals surface area (Å²) in [6.45, 7) is 13.0. The van der Waals surface area contributed by atoms with E-state index in [0.29, 0.717) is 29.2 Å². The number of phosphoric ester groups is 1. The van der Waals surface area contributed by atoms with Crippen molar-refractivity contribution in [3.63, 3.8) is 0 Å². The van der Waals surface area contributed by atoms with Crippen molar-refractivity contribution in [1.82, 2.24) is 34.5 Å². The second-order valence-electron chi connectivity index (χ2n) is 13.2. The molecule has 0 spiro atoms. The summed E-state index contributed by atoms with van der Waals surface area (Å²) in [6.07, 6.45) is 14.9. The Morgan fingerprint density at radius 1 is 1.04 bits per heavy atom. The van der Waals surface area contributed by atoms with Crippen LogP contribution in [0.2, 0.25) is 0 Å². The van der Waals surface area contributed by atoms with Crippen molar-refractivity contribution >= 4 is 19.4 Å². The smallest absolute Gasteiger partial charge is 0.444 e. The second-order valence-corrected chi connectivity index (χ2v) is 14.7. The van der Waals surface area contributed by atoms with Crippen molar-refractivity contribution in [3.8, 4) is 22.8 Å². The zero-order valence-corrected chi connectivity index (χ0v) is 28.8. The first-order valence-electron chi connectivity index (χ1n) is 15.6. The number of carbonyl (C=O) groups excluding carboxylic acids is 1. The molecule has 15 nitrogen and oxygen atoms in total. The molecule has 1 fully saturated rings. The Morgan fingerprint density at radius 3 is 2.40 bits per heavy atom. The number of carbonyl (C=O) groups is 1. The normalized spacial score (nSPS) is 17.6. The van der Waals surface area contributed by atoms with Gasteiger partial charge in [-0.2, -0.15) is 10.2 Å². The van der Waals surface area contributed by atoms with Gasteiger partial charge in [-0.1, -0.05) is 0 Å². The molecule has 1 aliphatic carbocycles. The van der Waals surface area contributed by atoms with Crippen LogP contribution in [0.3, 0.4) is 0 Å². The van der Waals surface area contributed by atoms with Crippen LogP contribution in [-0.2, 0) is 29.6 Å². The van der Waals surface area contributed by atoms with Crippen LogP contribution in [0.4, 0.5) is 5.69 Å². The first-order chi connectivity index (χ1) is 22.2. The van der Waals surface area contributed by atoms with Crippen LogP contribution in [0, 0.1) is 0 Å². The van der Waals surface area contributed by atoms with Gasteiger partial charge >= 0.3 is 7.82 Å². The molecule has 0 unspecified atom stereocenters. The van der Waals surface area contributed by atoms with Crippen LogP contribution in [0.15, 0.2) is 47.9 Å². The molecule has 0 aromatic carbocycles. The van der Waals surface area contributed by atoms with Crippen molar-refractivity contribution in [3.05, 3.63) is 49.1 Å². The number of rotatable bonds is 12. The number of hydrogen-bond donors (Lipinski definition) is 1. The highest BCUT2D eigenvalue weighted by Gasteiger charge is 2.37. The average Bonchev–Trinajstić information content (AvgIpc) is 3.75. The van der Waals surface area contributed by atoms with Crippen LogP contribution in [-0.4, -0.2) is 64.3 Å². The third-order valence-electron chi connectivity index (χ3n) is 6.94. The number of ether oxygens (including phenoxy) is 1. The van der Waals surface area contributed by atoms with Gasteiger partial charge in [0, 0.05) is 31.4 Å². The summed E-state index contributed by atoms with van der Waals surface area (Å²) in [5.74, 6) is -0.322. The summed E-state index contributed by atoms with van der Waals surface area (Å²) in [4.78, 5) is 26.3. The summed E-state index contributed by atoms with van der Waals surface area (Å²) in [7, 11) is -3.95. The number of hydrogen-bond acceptors (Lipinski definition) is 12. The predicted molar refractivity (Wildman–Crippen MR) is 172 cm³/mol. The molecule has 254 valence electrons. The number of phosphoric acid groups is 1. The highest BCUT2D eigenvalue weighted by molar-refractivity contribution is 7.48. The fourth-order valence-corrected chi connectivity index (χ4v) is 6.85. The molecule has 5 rings (SSSR count). The van der Waals surface area contributed by atoms with Gasteiger partial charge in [0.25, 0.3) is 5.91 Å². The standard InChI is InChI=1S/C31H43N8O7P/c1-8-42-23-11-9-22(10-12-23)39-18-25(27(37-39)24-16-32-13-14-33-24)35-28(40)26-19-43-29(36-26)21-15-34-38(17-21)20-44-47(41,45-30(2,3)4)46-31(5,6)7/h13-19,22-23H,8-12,20H2,1-7H3,(H,35,40)/t22-,23-. The van der Waals surface area contributed by atoms with E-state index in [2.05, 4.69) is 25.4 Å². The molecule has 47 heavy (non-hydrogen) atoms. The molecule has 1 saturated carbocycles. The number of nitrogens with one attached hydrogen (secondary N) is 1. The Balaban J connectivity index is 1.28. The van der Waals surface area contributed by atoms with E-state index in [9.17, 15) is 9.36 Å². The maximum atomic E-state index is 13.4. The Bertz CT molecular complexity index is 1660. The van der Waals surface area contributed by atoms with E-state index >= 15 is 0 Å².